The standard InChI is InChI=1S/C12H19N3OS/c1-9(16)5-7-15(2)8-10-4-3-6-14-11(10)12(13)17/h3-4,6,9,16H,5,7-8H2,1-2H3,(H2,13,17). The van der Waals surface area contributed by atoms with E-state index in [1.165, 1.54) is 0 Å². The molecule has 5 heteroatoms. The van der Waals surface area contributed by atoms with Gasteiger partial charge in [-0.1, -0.05) is 18.3 Å². The van der Waals surface area contributed by atoms with E-state index in [1.807, 2.05) is 19.2 Å². The van der Waals surface area contributed by atoms with E-state index in [-0.39, 0.29) is 6.10 Å². The van der Waals surface area contributed by atoms with Gasteiger partial charge in [-0.2, -0.15) is 0 Å². The molecule has 0 aliphatic carbocycles. The van der Waals surface area contributed by atoms with Crippen molar-refractivity contribution in [3.05, 3.63) is 29.6 Å². The molecule has 1 aromatic heterocycles. The van der Waals surface area contributed by atoms with E-state index < -0.39 is 0 Å². The van der Waals surface area contributed by atoms with Crippen LogP contribution in [0.4, 0.5) is 0 Å². The van der Waals surface area contributed by atoms with E-state index in [2.05, 4.69) is 9.88 Å². The summed E-state index contributed by atoms with van der Waals surface area (Å²) in [6, 6.07) is 3.85. The molecule has 1 rings (SSSR count). The molecule has 0 amide bonds. The highest BCUT2D eigenvalue weighted by atomic mass is 32.1. The smallest absolute Gasteiger partial charge is 0.123 e. The van der Waals surface area contributed by atoms with Crippen LogP contribution in [0.2, 0.25) is 0 Å². The molecule has 0 bridgehead atoms. The van der Waals surface area contributed by atoms with E-state index in [0.717, 1.165) is 25.1 Å². The Kier molecular flexibility index (Phi) is 5.47. The summed E-state index contributed by atoms with van der Waals surface area (Å²) in [4.78, 5) is 6.62. The number of nitrogens with two attached hydrogens (primary N) is 1. The SMILES string of the molecule is CC(O)CCN(C)Cc1cccnc1C(N)=S. The second kappa shape index (κ2) is 6.64. The largest absolute Gasteiger partial charge is 0.393 e. The quantitative estimate of drug-likeness (QED) is 0.738. The lowest BCUT2D eigenvalue weighted by Gasteiger charge is -2.18. The predicted molar refractivity (Wildman–Crippen MR) is 72.8 cm³/mol. The Morgan fingerprint density at radius 3 is 2.94 bits per heavy atom. The molecule has 3 N–H and O–H groups in total. The van der Waals surface area contributed by atoms with Gasteiger partial charge in [0.2, 0.25) is 0 Å². The summed E-state index contributed by atoms with van der Waals surface area (Å²) in [6.45, 7) is 3.34. The molecule has 0 aromatic carbocycles. The average Bonchev–Trinajstić information content (AvgIpc) is 2.27. The summed E-state index contributed by atoms with van der Waals surface area (Å²) < 4.78 is 0. The average molecular weight is 253 g/mol. The van der Waals surface area contributed by atoms with Gasteiger partial charge in [0.1, 0.15) is 10.7 Å². The molecular weight excluding hydrogens is 234 g/mol. The summed E-state index contributed by atoms with van der Waals surface area (Å²) in [5.41, 5.74) is 7.33. The van der Waals surface area contributed by atoms with Crippen molar-refractivity contribution in [3.63, 3.8) is 0 Å². The number of aliphatic hydroxyl groups is 1. The Morgan fingerprint density at radius 2 is 2.35 bits per heavy atom. The van der Waals surface area contributed by atoms with Crippen LogP contribution < -0.4 is 5.73 Å². The van der Waals surface area contributed by atoms with Crippen molar-refractivity contribution >= 4 is 17.2 Å². The Bertz CT molecular complexity index is 382. The zero-order valence-corrected chi connectivity index (χ0v) is 11.1. The van der Waals surface area contributed by atoms with Crippen LogP contribution >= 0.6 is 12.2 Å². The van der Waals surface area contributed by atoms with Crippen molar-refractivity contribution in [2.75, 3.05) is 13.6 Å². The van der Waals surface area contributed by atoms with Crippen LogP contribution in [0.15, 0.2) is 18.3 Å². The Balaban J connectivity index is 2.64. The number of aliphatic hydroxyl groups excluding tert-OH is 1. The Hall–Kier alpha value is -1.04. The maximum Gasteiger partial charge on any atom is 0.123 e. The van der Waals surface area contributed by atoms with E-state index in [4.69, 9.17) is 18.0 Å². The summed E-state index contributed by atoms with van der Waals surface area (Å²) in [5.74, 6) is 0. The number of aromatic nitrogens is 1. The normalized spacial score (nSPS) is 12.7. The van der Waals surface area contributed by atoms with E-state index in [9.17, 15) is 5.11 Å². The molecule has 0 saturated carbocycles. The monoisotopic (exact) mass is 253 g/mol. The number of thiocarbonyl (C=S) groups is 1. The number of pyridine rings is 1. The van der Waals surface area contributed by atoms with Crippen LogP contribution in [0, 0.1) is 0 Å². The topological polar surface area (TPSA) is 62.4 Å². The van der Waals surface area contributed by atoms with Gasteiger partial charge in [0, 0.05) is 19.3 Å². The van der Waals surface area contributed by atoms with E-state index >= 15 is 0 Å². The van der Waals surface area contributed by atoms with E-state index in [0.29, 0.717) is 10.7 Å². The molecule has 1 aromatic rings. The van der Waals surface area contributed by atoms with Crippen molar-refractivity contribution in [2.24, 2.45) is 5.73 Å². The highest BCUT2D eigenvalue weighted by Gasteiger charge is 2.09. The van der Waals surface area contributed by atoms with Crippen LogP contribution in [-0.2, 0) is 6.54 Å². The van der Waals surface area contributed by atoms with E-state index in [1.54, 1.807) is 13.1 Å². The van der Waals surface area contributed by atoms with Gasteiger partial charge in [0.25, 0.3) is 0 Å². The van der Waals surface area contributed by atoms with Crippen molar-refractivity contribution in [2.45, 2.75) is 26.0 Å². The third-order valence-corrected chi connectivity index (χ3v) is 2.69. The van der Waals surface area contributed by atoms with Gasteiger partial charge < -0.3 is 15.7 Å². The van der Waals surface area contributed by atoms with Crippen molar-refractivity contribution in [3.8, 4) is 0 Å². The van der Waals surface area contributed by atoms with Crippen LogP contribution in [0.3, 0.4) is 0 Å². The van der Waals surface area contributed by atoms with Gasteiger partial charge in [-0.05, 0) is 32.0 Å². The molecule has 0 fully saturated rings. The first-order valence-corrected chi connectivity index (χ1v) is 6.02. The van der Waals surface area contributed by atoms with Crippen LogP contribution in [0.1, 0.15) is 24.6 Å². The molecule has 0 aliphatic heterocycles. The fourth-order valence-electron chi connectivity index (χ4n) is 1.57. The molecule has 0 radical (unpaired) electrons. The van der Waals surface area contributed by atoms with Gasteiger partial charge in [0.15, 0.2) is 0 Å². The maximum atomic E-state index is 9.23. The third-order valence-electron chi connectivity index (χ3n) is 2.49. The number of hydrogen-bond donors (Lipinski definition) is 2. The first kappa shape index (κ1) is 14.0. The summed E-state index contributed by atoms with van der Waals surface area (Å²) in [7, 11) is 2.00. The van der Waals surface area contributed by atoms with Gasteiger partial charge >= 0.3 is 0 Å². The van der Waals surface area contributed by atoms with Crippen molar-refractivity contribution in [1.29, 1.82) is 0 Å². The number of rotatable bonds is 6. The summed E-state index contributed by atoms with van der Waals surface area (Å²) >= 11 is 4.97. The van der Waals surface area contributed by atoms with Gasteiger partial charge in [0.05, 0.1) is 6.10 Å². The van der Waals surface area contributed by atoms with Gasteiger partial charge in [-0.25, -0.2) is 0 Å². The minimum Gasteiger partial charge on any atom is -0.393 e. The van der Waals surface area contributed by atoms with Crippen LogP contribution in [-0.4, -0.2) is 39.7 Å². The Labute approximate surface area is 107 Å². The van der Waals surface area contributed by atoms with Crippen molar-refractivity contribution < 1.29 is 5.11 Å². The predicted octanol–water partition coefficient (Wildman–Crippen LogP) is 0.919. The lowest BCUT2D eigenvalue weighted by atomic mass is 10.1. The zero-order chi connectivity index (χ0) is 12.8. The molecule has 0 aliphatic rings. The molecule has 1 unspecified atom stereocenters. The lowest BCUT2D eigenvalue weighted by molar-refractivity contribution is 0.163. The molecule has 94 valence electrons. The highest BCUT2D eigenvalue weighted by molar-refractivity contribution is 7.80. The molecule has 0 saturated heterocycles. The van der Waals surface area contributed by atoms with Crippen LogP contribution in [0.5, 0.6) is 0 Å². The third kappa shape index (κ3) is 4.77. The second-order valence-corrected chi connectivity index (χ2v) is 4.69. The summed E-state index contributed by atoms with van der Waals surface area (Å²) in [6.07, 6.45) is 2.16. The number of nitrogens with zero attached hydrogens (tertiary/aromatic N) is 2. The fourth-order valence-corrected chi connectivity index (χ4v) is 1.75. The highest BCUT2D eigenvalue weighted by Crippen LogP contribution is 2.08. The molecule has 4 nitrogen and oxygen atoms in total. The van der Waals surface area contributed by atoms with Crippen molar-refractivity contribution in [1.82, 2.24) is 9.88 Å². The van der Waals surface area contributed by atoms with Gasteiger partial charge in [-0.3, -0.25) is 4.98 Å². The van der Waals surface area contributed by atoms with Crippen LogP contribution in [0.25, 0.3) is 0 Å². The molecule has 17 heavy (non-hydrogen) atoms. The maximum absolute atomic E-state index is 9.23. The zero-order valence-electron chi connectivity index (χ0n) is 10.3. The summed E-state index contributed by atoms with van der Waals surface area (Å²) in [5, 5.41) is 9.23. The molecule has 1 atom stereocenters. The lowest BCUT2D eigenvalue weighted by Crippen LogP contribution is -2.24. The first-order valence-electron chi connectivity index (χ1n) is 5.61. The van der Waals surface area contributed by atoms with Gasteiger partial charge in [-0.15, -0.1) is 0 Å². The number of hydrogen-bond acceptors (Lipinski definition) is 4. The Morgan fingerprint density at radius 1 is 1.65 bits per heavy atom. The second-order valence-electron chi connectivity index (χ2n) is 4.25. The fraction of sp³-hybridized carbons (Fsp3) is 0.500. The molecular formula is C12H19N3OS. The first-order chi connectivity index (χ1) is 8.00. The molecule has 0 spiro atoms. The minimum atomic E-state index is -0.276. The minimum absolute atomic E-state index is 0.276. The molecule has 1 heterocycles.